The van der Waals surface area contributed by atoms with Crippen molar-refractivity contribution >= 4 is 7.82 Å². The summed E-state index contributed by atoms with van der Waals surface area (Å²) in [4.78, 5) is 0. The Labute approximate surface area is 103 Å². The van der Waals surface area contributed by atoms with E-state index in [1.807, 2.05) is 19.9 Å². The summed E-state index contributed by atoms with van der Waals surface area (Å²) in [7, 11) is -3.48. The minimum absolute atomic E-state index is 0.280. The Hall–Kier alpha value is -0.830. The molecule has 0 N–H and O–H groups in total. The Morgan fingerprint density at radius 2 is 1.47 bits per heavy atom. The van der Waals surface area contributed by atoms with Crippen LogP contribution in [-0.2, 0) is 13.6 Å². The lowest BCUT2D eigenvalue weighted by Gasteiger charge is -2.17. The molecule has 0 radical (unpaired) electrons. The molecule has 0 unspecified atom stereocenters. The molecule has 4 nitrogen and oxygen atoms in total. The molecule has 0 amide bonds. The van der Waals surface area contributed by atoms with Gasteiger partial charge in [-0.15, -0.1) is 0 Å². The van der Waals surface area contributed by atoms with Crippen LogP contribution in [0.3, 0.4) is 0 Å². The average Bonchev–Trinajstić information content (AvgIpc) is 2.15. The van der Waals surface area contributed by atoms with Crippen LogP contribution in [0.5, 0.6) is 5.75 Å². The van der Waals surface area contributed by atoms with Gasteiger partial charge < -0.3 is 4.52 Å². The zero-order valence-corrected chi connectivity index (χ0v) is 11.6. The minimum atomic E-state index is -3.48. The molecule has 0 aliphatic carbocycles. The van der Waals surface area contributed by atoms with Gasteiger partial charge in [-0.3, -0.25) is 9.05 Å². The van der Waals surface area contributed by atoms with Gasteiger partial charge in [-0.25, -0.2) is 4.57 Å². The highest BCUT2D eigenvalue weighted by molar-refractivity contribution is 7.48. The summed E-state index contributed by atoms with van der Waals surface area (Å²) in [5.74, 6) is 0.507. The quantitative estimate of drug-likeness (QED) is 0.727. The molecule has 96 valence electrons. The Bertz CT molecular complexity index is 387. The number of phosphoric acid groups is 1. The summed E-state index contributed by atoms with van der Waals surface area (Å²) in [6.07, 6.45) is 0. The van der Waals surface area contributed by atoms with Crippen LogP contribution >= 0.6 is 7.82 Å². The molecule has 5 heteroatoms. The molecule has 0 aromatic heterocycles. The van der Waals surface area contributed by atoms with Crippen molar-refractivity contribution in [3.63, 3.8) is 0 Å². The molecule has 0 aliphatic rings. The van der Waals surface area contributed by atoms with Gasteiger partial charge in [0, 0.05) is 0 Å². The molecule has 0 saturated heterocycles. The molecule has 17 heavy (non-hydrogen) atoms. The largest absolute Gasteiger partial charge is 0.530 e. The van der Waals surface area contributed by atoms with Crippen molar-refractivity contribution in [2.45, 2.75) is 27.7 Å². The second kappa shape index (κ2) is 6.20. The Morgan fingerprint density at radius 3 is 1.88 bits per heavy atom. The molecule has 1 aromatic carbocycles. The Balaban J connectivity index is 2.89. The molecule has 1 aromatic rings. The highest BCUT2D eigenvalue weighted by Gasteiger charge is 2.27. The third-order valence-electron chi connectivity index (χ3n) is 1.99. The molecule has 0 bridgehead atoms. The van der Waals surface area contributed by atoms with E-state index >= 15 is 0 Å². The van der Waals surface area contributed by atoms with Crippen molar-refractivity contribution in [3.05, 3.63) is 29.3 Å². The van der Waals surface area contributed by atoms with Gasteiger partial charge in [0.15, 0.2) is 0 Å². The van der Waals surface area contributed by atoms with E-state index in [0.717, 1.165) is 11.1 Å². The number of benzene rings is 1. The van der Waals surface area contributed by atoms with Gasteiger partial charge in [0.2, 0.25) is 0 Å². The van der Waals surface area contributed by atoms with Crippen LogP contribution < -0.4 is 4.52 Å². The fraction of sp³-hybridized carbons (Fsp3) is 0.500. The predicted octanol–water partition coefficient (Wildman–Crippen LogP) is 3.86. The van der Waals surface area contributed by atoms with Crippen molar-refractivity contribution in [1.29, 1.82) is 0 Å². The third-order valence-corrected chi connectivity index (χ3v) is 3.57. The maximum atomic E-state index is 12.1. The standard InChI is InChI=1S/C12H19O4P/c1-5-14-17(13,15-6-2)16-12-8-10(3)7-11(4)9-12/h7-9H,5-6H2,1-4H3. The average molecular weight is 258 g/mol. The van der Waals surface area contributed by atoms with E-state index < -0.39 is 7.82 Å². The highest BCUT2D eigenvalue weighted by atomic mass is 31.2. The predicted molar refractivity (Wildman–Crippen MR) is 67.4 cm³/mol. The summed E-state index contributed by atoms with van der Waals surface area (Å²) in [5, 5.41) is 0. The lowest BCUT2D eigenvalue weighted by molar-refractivity contribution is 0.167. The van der Waals surface area contributed by atoms with E-state index in [-0.39, 0.29) is 13.2 Å². The first-order valence-corrected chi connectivity index (χ1v) is 7.12. The molecular formula is C12H19O4P. The monoisotopic (exact) mass is 258 g/mol. The fourth-order valence-corrected chi connectivity index (χ4v) is 2.70. The lowest BCUT2D eigenvalue weighted by atomic mass is 10.1. The van der Waals surface area contributed by atoms with Crippen molar-refractivity contribution in [2.75, 3.05) is 13.2 Å². The summed E-state index contributed by atoms with van der Waals surface area (Å²) >= 11 is 0. The second-order valence-electron chi connectivity index (χ2n) is 3.70. The maximum Gasteiger partial charge on any atom is 0.530 e. The molecule has 0 heterocycles. The number of aryl methyl sites for hydroxylation is 2. The molecule has 0 fully saturated rings. The Morgan fingerprint density at radius 1 is 1.00 bits per heavy atom. The van der Waals surface area contributed by atoms with Gasteiger partial charge in [0.25, 0.3) is 0 Å². The van der Waals surface area contributed by atoms with Gasteiger partial charge >= 0.3 is 7.82 Å². The summed E-state index contributed by atoms with van der Waals surface area (Å²) in [5.41, 5.74) is 2.08. The summed E-state index contributed by atoms with van der Waals surface area (Å²) < 4.78 is 27.6. The number of phosphoric ester groups is 1. The zero-order chi connectivity index (χ0) is 12.9. The van der Waals surface area contributed by atoms with E-state index in [9.17, 15) is 4.57 Å². The Kier molecular flexibility index (Phi) is 5.19. The third kappa shape index (κ3) is 4.50. The van der Waals surface area contributed by atoms with E-state index in [4.69, 9.17) is 13.6 Å². The number of hydrogen-bond donors (Lipinski definition) is 0. The number of rotatable bonds is 6. The van der Waals surface area contributed by atoms with Gasteiger partial charge in [-0.1, -0.05) is 6.07 Å². The second-order valence-corrected chi connectivity index (χ2v) is 5.29. The first kappa shape index (κ1) is 14.2. The maximum absolute atomic E-state index is 12.1. The van der Waals surface area contributed by atoms with Crippen LogP contribution in [0.15, 0.2) is 18.2 Å². The van der Waals surface area contributed by atoms with Crippen molar-refractivity contribution in [1.82, 2.24) is 0 Å². The zero-order valence-electron chi connectivity index (χ0n) is 10.7. The number of hydrogen-bond acceptors (Lipinski definition) is 4. The van der Waals surface area contributed by atoms with Crippen molar-refractivity contribution < 1.29 is 18.1 Å². The lowest BCUT2D eigenvalue weighted by Crippen LogP contribution is -2.02. The fourth-order valence-electron chi connectivity index (χ4n) is 1.52. The SMILES string of the molecule is CCOP(=O)(OCC)Oc1cc(C)cc(C)c1. The van der Waals surface area contributed by atoms with Gasteiger partial charge in [-0.2, -0.15) is 0 Å². The van der Waals surface area contributed by atoms with E-state index in [0.29, 0.717) is 5.75 Å². The van der Waals surface area contributed by atoms with Crippen LogP contribution in [0.1, 0.15) is 25.0 Å². The molecule has 0 spiro atoms. The molecular weight excluding hydrogens is 239 g/mol. The van der Waals surface area contributed by atoms with Crippen LogP contribution in [0, 0.1) is 13.8 Å². The van der Waals surface area contributed by atoms with Crippen LogP contribution in [-0.4, -0.2) is 13.2 Å². The van der Waals surface area contributed by atoms with E-state index in [1.54, 1.807) is 26.0 Å². The van der Waals surface area contributed by atoms with Crippen molar-refractivity contribution in [2.24, 2.45) is 0 Å². The highest BCUT2D eigenvalue weighted by Crippen LogP contribution is 2.49. The summed E-state index contributed by atoms with van der Waals surface area (Å²) in [6, 6.07) is 5.62. The van der Waals surface area contributed by atoms with Crippen LogP contribution in [0.25, 0.3) is 0 Å². The van der Waals surface area contributed by atoms with Gasteiger partial charge in [0.05, 0.1) is 13.2 Å². The normalized spacial score (nSPS) is 11.5. The smallest absolute Gasteiger partial charge is 0.404 e. The van der Waals surface area contributed by atoms with Gasteiger partial charge in [0.1, 0.15) is 5.75 Å². The van der Waals surface area contributed by atoms with Crippen LogP contribution in [0.4, 0.5) is 0 Å². The topological polar surface area (TPSA) is 44.8 Å². The molecule has 0 saturated carbocycles. The van der Waals surface area contributed by atoms with Crippen molar-refractivity contribution in [3.8, 4) is 5.75 Å². The minimum Gasteiger partial charge on any atom is -0.404 e. The molecule has 0 atom stereocenters. The first-order valence-electron chi connectivity index (χ1n) is 5.66. The van der Waals surface area contributed by atoms with Crippen LogP contribution in [0.2, 0.25) is 0 Å². The van der Waals surface area contributed by atoms with E-state index in [2.05, 4.69) is 0 Å². The van der Waals surface area contributed by atoms with E-state index in [1.165, 1.54) is 0 Å². The first-order chi connectivity index (χ1) is 7.99. The summed E-state index contributed by atoms with van der Waals surface area (Å²) in [6.45, 7) is 7.95. The van der Waals surface area contributed by atoms with Gasteiger partial charge in [-0.05, 0) is 51.0 Å². The molecule has 1 rings (SSSR count). The molecule has 0 aliphatic heterocycles.